The Morgan fingerprint density at radius 2 is 1.75 bits per heavy atom. The smallest absolute Gasteiger partial charge is 0.161 e. The first kappa shape index (κ1) is 14.0. The van der Waals surface area contributed by atoms with Crippen LogP contribution >= 0.6 is 15.9 Å². The van der Waals surface area contributed by atoms with Crippen LogP contribution in [-0.4, -0.2) is 0 Å². The monoisotopic (exact) mass is 329 g/mol. The van der Waals surface area contributed by atoms with E-state index in [-0.39, 0.29) is 10.0 Å². The quantitative estimate of drug-likeness (QED) is 0.927. The molecule has 2 rings (SSSR count). The van der Waals surface area contributed by atoms with Crippen LogP contribution in [0.15, 0.2) is 40.9 Å². The number of anilines is 1. The van der Waals surface area contributed by atoms with Crippen molar-refractivity contribution in [2.45, 2.75) is 6.54 Å². The number of nitriles is 2. The molecule has 0 saturated carbocycles. The molecule has 0 saturated heterocycles. The summed E-state index contributed by atoms with van der Waals surface area (Å²) in [5, 5.41) is 20.5. The van der Waals surface area contributed by atoms with Gasteiger partial charge in [0.25, 0.3) is 0 Å². The van der Waals surface area contributed by atoms with Gasteiger partial charge in [0.1, 0.15) is 6.07 Å². The summed E-state index contributed by atoms with van der Waals surface area (Å²) in [4.78, 5) is 0. The van der Waals surface area contributed by atoms with E-state index in [0.717, 1.165) is 5.56 Å². The molecule has 98 valence electrons. The highest BCUT2D eigenvalue weighted by Gasteiger charge is 2.10. The van der Waals surface area contributed by atoms with Gasteiger partial charge in [-0.2, -0.15) is 10.5 Å². The van der Waals surface area contributed by atoms with Gasteiger partial charge in [0.2, 0.25) is 0 Å². The zero-order valence-electron chi connectivity index (χ0n) is 10.3. The molecule has 0 aromatic heterocycles. The molecular formula is C15H9BrFN3. The lowest BCUT2D eigenvalue weighted by Gasteiger charge is -2.09. The van der Waals surface area contributed by atoms with E-state index in [2.05, 4.69) is 21.2 Å². The van der Waals surface area contributed by atoms with Crippen molar-refractivity contribution in [3.05, 3.63) is 63.4 Å². The van der Waals surface area contributed by atoms with Crippen LogP contribution in [0.2, 0.25) is 0 Å². The summed E-state index contributed by atoms with van der Waals surface area (Å²) in [6.45, 7) is 0.432. The predicted molar refractivity (Wildman–Crippen MR) is 77.3 cm³/mol. The molecule has 5 heteroatoms. The lowest BCUT2D eigenvalue weighted by Crippen LogP contribution is -2.02. The highest BCUT2D eigenvalue weighted by molar-refractivity contribution is 9.10. The van der Waals surface area contributed by atoms with Crippen LogP contribution in [0.5, 0.6) is 0 Å². The van der Waals surface area contributed by atoms with E-state index in [1.165, 1.54) is 6.07 Å². The molecule has 0 atom stereocenters. The van der Waals surface area contributed by atoms with Crippen LogP contribution in [-0.2, 0) is 6.54 Å². The number of rotatable bonds is 3. The van der Waals surface area contributed by atoms with Crippen molar-refractivity contribution in [3.63, 3.8) is 0 Å². The Hall–Kier alpha value is -2.37. The number of halogens is 2. The number of hydrogen-bond acceptors (Lipinski definition) is 3. The lowest BCUT2D eigenvalue weighted by molar-refractivity contribution is 0.623. The van der Waals surface area contributed by atoms with Gasteiger partial charge < -0.3 is 5.32 Å². The van der Waals surface area contributed by atoms with Gasteiger partial charge in [0, 0.05) is 6.54 Å². The average Bonchev–Trinajstić information content (AvgIpc) is 2.49. The highest BCUT2D eigenvalue weighted by atomic mass is 79.9. The van der Waals surface area contributed by atoms with Crippen LogP contribution in [0.25, 0.3) is 0 Å². The Kier molecular flexibility index (Phi) is 4.34. The third-order valence-electron chi connectivity index (χ3n) is 2.77. The third-order valence-corrected chi connectivity index (χ3v) is 3.54. The molecule has 0 aliphatic rings. The normalized spacial score (nSPS) is 9.60. The van der Waals surface area contributed by atoms with Gasteiger partial charge in [-0.3, -0.25) is 0 Å². The number of hydrogen-bond donors (Lipinski definition) is 1. The van der Waals surface area contributed by atoms with E-state index in [0.29, 0.717) is 17.8 Å². The topological polar surface area (TPSA) is 59.6 Å². The van der Waals surface area contributed by atoms with Gasteiger partial charge in [-0.25, -0.2) is 4.39 Å². The van der Waals surface area contributed by atoms with Gasteiger partial charge >= 0.3 is 0 Å². The molecule has 0 amide bonds. The summed E-state index contributed by atoms with van der Waals surface area (Å²) < 4.78 is 14.1. The summed E-state index contributed by atoms with van der Waals surface area (Å²) in [6, 6.07) is 14.1. The third kappa shape index (κ3) is 2.96. The molecule has 3 nitrogen and oxygen atoms in total. The summed E-state index contributed by atoms with van der Waals surface area (Å²) in [7, 11) is 0. The molecule has 0 radical (unpaired) electrons. The number of nitrogens with one attached hydrogen (secondary N) is 1. The molecule has 0 fully saturated rings. The average molecular weight is 330 g/mol. The van der Waals surface area contributed by atoms with Crippen molar-refractivity contribution in [2.24, 2.45) is 0 Å². The first-order valence-corrected chi connectivity index (χ1v) is 6.56. The second kappa shape index (κ2) is 6.18. The summed E-state index contributed by atoms with van der Waals surface area (Å²) >= 11 is 3.06. The van der Waals surface area contributed by atoms with E-state index >= 15 is 0 Å². The van der Waals surface area contributed by atoms with Crippen molar-refractivity contribution in [2.75, 3.05) is 5.32 Å². The Morgan fingerprint density at radius 3 is 2.35 bits per heavy atom. The molecule has 2 aromatic carbocycles. The standard InChI is InChI=1S/C15H9BrFN3/c16-14-12(8-19)5-6-13(15(14)17)20-9-11-3-1-10(7-18)2-4-11/h1-6,20H,9H2. The van der Waals surface area contributed by atoms with Crippen molar-refractivity contribution in [1.82, 2.24) is 0 Å². The largest absolute Gasteiger partial charge is 0.379 e. The van der Waals surface area contributed by atoms with Gasteiger partial charge in [-0.05, 0) is 45.8 Å². The fraction of sp³-hybridized carbons (Fsp3) is 0.0667. The molecule has 1 N–H and O–H groups in total. The Balaban J connectivity index is 2.13. The Labute approximate surface area is 124 Å². The van der Waals surface area contributed by atoms with Crippen molar-refractivity contribution in [3.8, 4) is 12.1 Å². The minimum absolute atomic E-state index is 0.157. The molecule has 20 heavy (non-hydrogen) atoms. The molecular weight excluding hydrogens is 321 g/mol. The van der Waals surface area contributed by atoms with Crippen molar-refractivity contribution >= 4 is 21.6 Å². The van der Waals surface area contributed by atoms with Crippen LogP contribution in [0.3, 0.4) is 0 Å². The Morgan fingerprint density at radius 1 is 1.05 bits per heavy atom. The Bertz CT molecular complexity index is 712. The molecule has 0 spiro atoms. The van der Waals surface area contributed by atoms with Gasteiger partial charge in [0.05, 0.1) is 27.4 Å². The van der Waals surface area contributed by atoms with E-state index in [1.54, 1.807) is 18.2 Å². The minimum atomic E-state index is -0.488. The first-order valence-electron chi connectivity index (χ1n) is 5.76. The summed E-state index contributed by atoms with van der Waals surface area (Å²) in [5.41, 5.74) is 2.09. The second-order valence-corrected chi connectivity index (χ2v) is 4.86. The van der Waals surface area contributed by atoms with E-state index in [9.17, 15) is 4.39 Å². The zero-order chi connectivity index (χ0) is 14.5. The highest BCUT2D eigenvalue weighted by Crippen LogP contribution is 2.26. The lowest BCUT2D eigenvalue weighted by atomic mass is 10.1. The number of nitrogens with zero attached hydrogens (tertiary/aromatic N) is 2. The molecule has 0 bridgehead atoms. The van der Waals surface area contributed by atoms with Gasteiger partial charge in [0.15, 0.2) is 5.82 Å². The molecule has 0 heterocycles. The fourth-order valence-electron chi connectivity index (χ4n) is 1.67. The predicted octanol–water partition coefficient (Wildman–Crippen LogP) is 3.94. The summed E-state index contributed by atoms with van der Waals surface area (Å²) in [5.74, 6) is -0.488. The van der Waals surface area contributed by atoms with Crippen LogP contribution in [0.4, 0.5) is 10.1 Å². The summed E-state index contributed by atoms with van der Waals surface area (Å²) in [6.07, 6.45) is 0. The first-order chi connectivity index (χ1) is 9.65. The minimum Gasteiger partial charge on any atom is -0.379 e. The molecule has 0 aliphatic carbocycles. The van der Waals surface area contributed by atoms with Gasteiger partial charge in [-0.15, -0.1) is 0 Å². The maximum atomic E-state index is 14.0. The van der Waals surface area contributed by atoms with E-state index < -0.39 is 5.82 Å². The molecule has 2 aromatic rings. The number of benzene rings is 2. The molecule has 0 aliphatic heterocycles. The maximum absolute atomic E-state index is 14.0. The second-order valence-electron chi connectivity index (χ2n) is 4.06. The van der Waals surface area contributed by atoms with E-state index in [1.807, 2.05) is 24.3 Å². The van der Waals surface area contributed by atoms with Crippen LogP contribution < -0.4 is 5.32 Å². The van der Waals surface area contributed by atoms with Crippen molar-refractivity contribution < 1.29 is 4.39 Å². The van der Waals surface area contributed by atoms with Crippen LogP contribution in [0.1, 0.15) is 16.7 Å². The SMILES string of the molecule is N#Cc1ccc(CNc2ccc(C#N)c(Br)c2F)cc1. The fourth-order valence-corrected chi connectivity index (χ4v) is 2.10. The van der Waals surface area contributed by atoms with E-state index in [4.69, 9.17) is 10.5 Å². The van der Waals surface area contributed by atoms with Gasteiger partial charge in [-0.1, -0.05) is 12.1 Å². The zero-order valence-corrected chi connectivity index (χ0v) is 11.9. The van der Waals surface area contributed by atoms with Crippen molar-refractivity contribution in [1.29, 1.82) is 10.5 Å². The molecule has 0 unspecified atom stereocenters. The van der Waals surface area contributed by atoms with Crippen LogP contribution in [0, 0.1) is 28.5 Å². The maximum Gasteiger partial charge on any atom is 0.161 e.